The smallest absolute Gasteiger partial charge is 0.261 e. The van der Waals surface area contributed by atoms with Crippen LogP contribution < -0.4 is 9.64 Å². The van der Waals surface area contributed by atoms with E-state index < -0.39 is 0 Å². The topological polar surface area (TPSA) is 46.6 Å². The molecule has 23 heavy (non-hydrogen) atoms. The van der Waals surface area contributed by atoms with Gasteiger partial charge >= 0.3 is 0 Å². The second-order valence-corrected chi connectivity index (χ2v) is 6.57. The van der Waals surface area contributed by atoms with Crippen LogP contribution in [0.25, 0.3) is 0 Å². The summed E-state index contributed by atoms with van der Waals surface area (Å²) in [5, 5.41) is 0.587. The zero-order valence-corrected chi connectivity index (χ0v) is 15.1. The maximum absolute atomic E-state index is 12.5. The average Bonchev–Trinajstić information content (AvgIpc) is 2.77. The van der Waals surface area contributed by atoms with Crippen LogP contribution in [0.1, 0.15) is 40.5 Å². The summed E-state index contributed by atoms with van der Waals surface area (Å²) in [6.45, 7) is 7.53. The first-order chi connectivity index (χ1) is 10.8. The molecule has 1 aliphatic heterocycles. The number of imide groups is 1. The lowest BCUT2D eigenvalue weighted by Gasteiger charge is -2.19. The van der Waals surface area contributed by atoms with Gasteiger partial charge in [0.05, 0.1) is 28.3 Å². The second kappa shape index (κ2) is 6.93. The zero-order chi connectivity index (χ0) is 17.3. The van der Waals surface area contributed by atoms with Crippen molar-refractivity contribution in [3.8, 4) is 5.75 Å². The number of halogens is 2. The maximum atomic E-state index is 12.5. The van der Waals surface area contributed by atoms with Crippen molar-refractivity contribution in [1.29, 1.82) is 0 Å². The van der Waals surface area contributed by atoms with Crippen LogP contribution in [0.2, 0.25) is 10.0 Å². The minimum atomic E-state index is -0.339. The second-order valence-electron chi connectivity index (χ2n) is 5.76. The van der Waals surface area contributed by atoms with Gasteiger partial charge < -0.3 is 4.74 Å². The van der Waals surface area contributed by atoms with Crippen LogP contribution in [0.3, 0.4) is 0 Å². The molecule has 2 rings (SSSR count). The lowest BCUT2D eigenvalue weighted by molar-refractivity contribution is -0.120. The molecule has 0 aliphatic carbocycles. The minimum Gasteiger partial charge on any atom is -0.489 e. The Morgan fingerprint density at radius 1 is 1.26 bits per heavy atom. The molecular formula is C17H19Cl2NO3. The molecule has 1 unspecified atom stereocenters. The van der Waals surface area contributed by atoms with Gasteiger partial charge in [-0.3, -0.25) is 9.59 Å². The highest BCUT2D eigenvalue weighted by Crippen LogP contribution is 2.39. The van der Waals surface area contributed by atoms with Crippen molar-refractivity contribution in [3.63, 3.8) is 0 Å². The van der Waals surface area contributed by atoms with Gasteiger partial charge in [0.1, 0.15) is 5.75 Å². The van der Waals surface area contributed by atoms with E-state index in [2.05, 4.69) is 0 Å². The molecule has 4 nitrogen and oxygen atoms in total. The number of hydrogen-bond donors (Lipinski definition) is 0. The molecule has 0 bridgehead atoms. The number of benzene rings is 1. The molecule has 2 amide bonds. The van der Waals surface area contributed by atoms with Crippen molar-refractivity contribution in [2.75, 3.05) is 4.90 Å². The van der Waals surface area contributed by atoms with Crippen LogP contribution in [0, 0.1) is 0 Å². The molecule has 1 aromatic rings. The predicted molar refractivity (Wildman–Crippen MR) is 92.3 cm³/mol. The highest BCUT2D eigenvalue weighted by atomic mass is 35.5. The highest BCUT2D eigenvalue weighted by molar-refractivity contribution is 6.39. The van der Waals surface area contributed by atoms with Crippen molar-refractivity contribution in [1.82, 2.24) is 0 Å². The third-order valence-electron chi connectivity index (χ3n) is 3.79. The van der Waals surface area contributed by atoms with E-state index in [1.807, 2.05) is 27.7 Å². The molecule has 1 heterocycles. The first-order valence-corrected chi connectivity index (χ1v) is 8.21. The molecule has 1 aromatic carbocycles. The van der Waals surface area contributed by atoms with Gasteiger partial charge in [-0.2, -0.15) is 0 Å². The fraction of sp³-hybridized carbons (Fsp3) is 0.412. The average molecular weight is 356 g/mol. The number of carbonyl (C=O) groups is 2. The Kier molecular flexibility index (Phi) is 5.37. The van der Waals surface area contributed by atoms with E-state index in [-0.39, 0.29) is 29.4 Å². The highest BCUT2D eigenvalue weighted by Gasteiger charge is 2.37. The summed E-state index contributed by atoms with van der Waals surface area (Å²) in [4.78, 5) is 25.9. The monoisotopic (exact) mass is 355 g/mol. The molecule has 0 radical (unpaired) electrons. The Labute approximate surface area is 146 Å². The van der Waals surface area contributed by atoms with Gasteiger partial charge in [-0.1, -0.05) is 35.7 Å². The quantitative estimate of drug-likeness (QED) is 0.577. The molecule has 1 fully saturated rings. The van der Waals surface area contributed by atoms with Crippen LogP contribution in [-0.4, -0.2) is 17.9 Å². The Balaban J connectivity index is 2.47. The summed E-state index contributed by atoms with van der Waals surface area (Å²) in [6, 6.07) is 3.05. The number of nitrogens with zero attached hydrogens (tertiary/aromatic N) is 1. The lowest BCUT2D eigenvalue weighted by Crippen LogP contribution is -2.29. The Morgan fingerprint density at radius 2 is 1.91 bits per heavy atom. The number of rotatable bonds is 4. The largest absolute Gasteiger partial charge is 0.489 e. The van der Waals surface area contributed by atoms with Gasteiger partial charge in [0.15, 0.2) is 0 Å². The Bertz CT molecular complexity index is 693. The molecule has 0 N–H and O–H groups in total. The molecule has 0 spiro atoms. The van der Waals surface area contributed by atoms with E-state index in [1.165, 1.54) is 6.07 Å². The van der Waals surface area contributed by atoms with E-state index in [1.54, 1.807) is 6.07 Å². The fourth-order valence-corrected chi connectivity index (χ4v) is 2.78. The first-order valence-electron chi connectivity index (χ1n) is 7.45. The number of ether oxygens (including phenoxy) is 1. The van der Waals surface area contributed by atoms with Crippen molar-refractivity contribution in [2.45, 2.75) is 46.6 Å². The van der Waals surface area contributed by atoms with Crippen LogP contribution in [0.15, 0.2) is 23.3 Å². The van der Waals surface area contributed by atoms with E-state index >= 15 is 0 Å². The fourth-order valence-electron chi connectivity index (χ4n) is 2.27. The third kappa shape index (κ3) is 3.54. The summed E-state index contributed by atoms with van der Waals surface area (Å²) >= 11 is 12.4. The number of anilines is 1. The van der Waals surface area contributed by atoms with Crippen molar-refractivity contribution in [2.24, 2.45) is 0 Å². The van der Waals surface area contributed by atoms with Crippen LogP contribution >= 0.6 is 23.2 Å². The summed E-state index contributed by atoms with van der Waals surface area (Å²) < 4.78 is 5.74. The summed E-state index contributed by atoms with van der Waals surface area (Å²) in [5.41, 5.74) is 1.64. The molecule has 124 valence electrons. The Morgan fingerprint density at radius 3 is 2.43 bits per heavy atom. The number of carbonyl (C=O) groups excluding carboxylic acids is 2. The molecule has 6 heteroatoms. The van der Waals surface area contributed by atoms with E-state index in [0.717, 1.165) is 16.9 Å². The summed E-state index contributed by atoms with van der Waals surface area (Å²) in [6.07, 6.45) is 0.847. The minimum absolute atomic E-state index is 0.0418. The van der Waals surface area contributed by atoms with Crippen molar-refractivity contribution < 1.29 is 14.3 Å². The van der Waals surface area contributed by atoms with Gasteiger partial charge in [-0.05, 0) is 33.3 Å². The van der Waals surface area contributed by atoms with Gasteiger partial charge in [-0.15, -0.1) is 0 Å². The van der Waals surface area contributed by atoms with E-state index in [0.29, 0.717) is 22.0 Å². The van der Waals surface area contributed by atoms with Crippen LogP contribution in [0.5, 0.6) is 5.75 Å². The van der Waals surface area contributed by atoms with Crippen molar-refractivity contribution >= 4 is 40.7 Å². The van der Waals surface area contributed by atoms with Gasteiger partial charge in [0, 0.05) is 11.6 Å². The summed E-state index contributed by atoms with van der Waals surface area (Å²) in [7, 11) is 0. The van der Waals surface area contributed by atoms with Gasteiger partial charge in [0.2, 0.25) is 5.91 Å². The van der Waals surface area contributed by atoms with E-state index in [4.69, 9.17) is 27.9 Å². The Hall–Kier alpha value is -1.52. The molecule has 1 saturated heterocycles. The predicted octanol–water partition coefficient (Wildman–Crippen LogP) is 4.77. The molecule has 0 aromatic heterocycles. The summed E-state index contributed by atoms with van der Waals surface area (Å²) in [5.74, 6) is -0.231. The van der Waals surface area contributed by atoms with Gasteiger partial charge in [0.25, 0.3) is 5.91 Å². The van der Waals surface area contributed by atoms with Gasteiger partial charge in [-0.25, -0.2) is 4.90 Å². The number of amides is 2. The first kappa shape index (κ1) is 17.8. The van der Waals surface area contributed by atoms with Crippen LogP contribution in [-0.2, 0) is 9.59 Å². The molecule has 1 aliphatic rings. The zero-order valence-electron chi connectivity index (χ0n) is 13.6. The van der Waals surface area contributed by atoms with Crippen LogP contribution in [0.4, 0.5) is 5.69 Å². The molecular weight excluding hydrogens is 337 g/mol. The maximum Gasteiger partial charge on any atom is 0.261 e. The third-order valence-corrected chi connectivity index (χ3v) is 4.39. The number of allylic oxidation sites excluding steroid dienone is 1. The SMILES string of the molecule is CCC(C)Oc1cc(N2C(=O)CC(=C(C)C)C2=O)c(Cl)cc1Cl. The molecule has 0 saturated carbocycles. The van der Waals surface area contributed by atoms with E-state index in [9.17, 15) is 9.59 Å². The van der Waals surface area contributed by atoms with Crippen molar-refractivity contribution in [3.05, 3.63) is 33.3 Å². The number of hydrogen-bond acceptors (Lipinski definition) is 3. The normalized spacial score (nSPS) is 16.1. The standard InChI is InChI=1S/C17H19Cl2NO3/c1-5-10(4)23-15-8-14(12(18)7-13(15)19)20-16(21)6-11(9(2)3)17(20)22/h7-8,10H,5-6H2,1-4H3. The molecule has 1 atom stereocenters. The lowest BCUT2D eigenvalue weighted by atomic mass is 10.1.